The van der Waals surface area contributed by atoms with Crippen LogP contribution in [0.3, 0.4) is 0 Å². The lowest BCUT2D eigenvalue weighted by molar-refractivity contribution is 0.324. The van der Waals surface area contributed by atoms with Crippen molar-refractivity contribution in [1.29, 1.82) is 0 Å². The van der Waals surface area contributed by atoms with E-state index in [2.05, 4.69) is 0 Å². The lowest BCUT2D eigenvalue weighted by Crippen LogP contribution is -2.27. The Kier molecular flexibility index (Phi) is 4.00. The highest BCUT2D eigenvalue weighted by Crippen LogP contribution is 2.27. The van der Waals surface area contributed by atoms with Gasteiger partial charge in [0.05, 0.1) is 7.11 Å². The number of nitrogens with two attached hydrogens (primary N) is 1. The van der Waals surface area contributed by atoms with Gasteiger partial charge in [0.2, 0.25) is 0 Å². The van der Waals surface area contributed by atoms with Gasteiger partial charge < -0.3 is 10.5 Å². The van der Waals surface area contributed by atoms with Crippen LogP contribution in [0.5, 0.6) is 5.75 Å². The van der Waals surface area contributed by atoms with Crippen molar-refractivity contribution in [3.8, 4) is 5.75 Å². The van der Waals surface area contributed by atoms with Gasteiger partial charge in [-0.2, -0.15) is 0 Å². The molecule has 2 nitrogen and oxygen atoms in total. The number of hydrogen-bond donors (Lipinski definition) is 1. The van der Waals surface area contributed by atoms with E-state index in [0.29, 0.717) is 17.7 Å². The second kappa shape index (κ2) is 5.50. The molecule has 0 heterocycles. The van der Waals surface area contributed by atoms with Crippen LogP contribution >= 0.6 is 0 Å². The van der Waals surface area contributed by atoms with E-state index in [1.54, 1.807) is 12.1 Å². The Morgan fingerprint density at radius 3 is 2.59 bits per heavy atom. The molecular weight excluding hydrogens is 217 g/mol. The van der Waals surface area contributed by atoms with Gasteiger partial charge >= 0.3 is 0 Å². The summed E-state index contributed by atoms with van der Waals surface area (Å²) in [4.78, 5) is 0. The van der Waals surface area contributed by atoms with Crippen molar-refractivity contribution < 1.29 is 9.13 Å². The summed E-state index contributed by atoms with van der Waals surface area (Å²) in [6, 6.07) is 5.63. The zero-order valence-corrected chi connectivity index (χ0v) is 10.3. The molecule has 1 saturated carbocycles. The first-order chi connectivity index (χ1) is 8.19. The maximum Gasteiger partial charge on any atom is 0.165 e. The second-order valence-electron chi connectivity index (χ2n) is 4.95. The minimum atomic E-state index is -0.266. The Bertz CT molecular complexity index is 372. The molecule has 0 spiro atoms. The Morgan fingerprint density at radius 2 is 2.00 bits per heavy atom. The predicted octanol–water partition coefficient (Wildman–Crippen LogP) is 2.89. The van der Waals surface area contributed by atoms with Crippen molar-refractivity contribution in [3.05, 3.63) is 29.6 Å². The quantitative estimate of drug-likeness (QED) is 0.877. The van der Waals surface area contributed by atoms with E-state index < -0.39 is 0 Å². The number of rotatable bonds is 3. The molecule has 0 aliphatic heterocycles. The fourth-order valence-corrected chi connectivity index (χ4v) is 2.56. The van der Waals surface area contributed by atoms with E-state index >= 15 is 0 Å². The van der Waals surface area contributed by atoms with Gasteiger partial charge in [0.1, 0.15) is 0 Å². The summed E-state index contributed by atoms with van der Waals surface area (Å²) in [5.74, 6) is 0.708. The number of methoxy groups -OCH3 is 1. The standard InChI is InChI=1S/C14H20FNO/c1-17-14-7-4-11(9-13(14)15)8-10-2-5-12(16)6-3-10/h4,7,9-10,12H,2-3,5-6,8,16H2,1H3. The molecule has 1 aliphatic rings. The third-order valence-electron chi connectivity index (χ3n) is 3.63. The summed E-state index contributed by atoms with van der Waals surface area (Å²) in [7, 11) is 1.49. The zero-order chi connectivity index (χ0) is 12.3. The van der Waals surface area contributed by atoms with Gasteiger partial charge in [-0.05, 0) is 55.7 Å². The van der Waals surface area contributed by atoms with Gasteiger partial charge in [0.15, 0.2) is 11.6 Å². The average molecular weight is 237 g/mol. The molecule has 0 radical (unpaired) electrons. The Balaban J connectivity index is 1.97. The molecule has 94 valence electrons. The zero-order valence-electron chi connectivity index (χ0n) is 10.3. The molecule has 1 aromatic rings. The van der Waals surface area contributed by atoms with Gasteiger partial charge in [-0.15, -0.1) is 0 Å². The SMILES string of the molecule is COc1ccc(CC2CCC(N)CC2)cc1F. The van der Waals surface area contributed by atoms with Crippen molar-refractivity contribution in [1.82, 2.24) is 0 Å². The van der Waals surface area contributed by atoms with Gasteiger partial charge in [0, 0.05) is 6.04 Å². The van der Waals surface area contributed by atoms with E-state index in [9.17, 15) is 4.39 Å². The van der Waals surface area contributed by atoms with E-state index in [1.165, 1.54) is 7.11 Å². The first-order valence-electron chi connectivity index (χ1n) is 6.27. The summed E-state index contributed by atoms with van der Waals surface area (Å²) in [6.45, 7) is 0. The van der Waals surface area contributed by atoms with Crippen LogP contribution in [0.15, 0.2) is 18.2 Å². The predicted molar refractivity (Wildman–Crippen MR) is 66.6 cm³/mol. The third kappa shape index (κ3) is 3.19. The molecule has 0 atom stereocenters. The van der Waals surface area contributed by atoms with Gasteiger partial charge in [-0.3, -0.25) is 0 Å². The molecule has 0 bridgehead atoms. The molecule has 0 aromatic heterocycles. The van der Waals surface area contributed by atoms with Crippen molar-refractivity contribution in [2.75, 3.05) is 7.11 Å². The summed E-state index contributed by atoms with van der Waals surface area (Å²) in [6.07, 6.45) is 5.48. The van der Waals surface area contributed by atoms with Crippen LogP contribution in [-0.2, 0) is 6.42 Å². The summed E-state index contributed by atoms with van der Waals surface area (Å²) in [5.41, 5.74) is 6.93. The van der Waals surface area contributed by atoms with E-state index in [0.717, 1.165) is 37.7 Å². The maximum atomic E-state index is 13.5. The number of hydrogen-bond acceptors (Lipinski definition) is 2. The number of halogens is 1. The molecule has 2 rings (SSSR count). The Morgan fingerprint density at radius 1 is 1.29 bits per heavy atom. The fraction of sp³-hybridized carbons (Fsp3) is 0.571. The van der Waals surface area contributed by atoms with Crippen molar-refractivity contribution in [2.24, 2.45) is 11.7 Å². The molecule has 1 aromatic carbocycles. The largest absolute Gasteiger partial charge is 0.494 e. The molecule has 1 aliphatic carbocycles. The van der Waals surface area contributed by atoms with Crippen molar-refractivity contribution in [2.45, 2.75) is 38.1 Å². The maximum absolute atomic E-state index is 13.5. The first kappa shape index (κ1) is 12.4. The second-order valence-corrected chi connectivity index (χ2v) is 4.95. The molecular formula is C14H20FNO. The Hall–Kier alpha value is -1.09. The molecule has 3 heteroatoms. The van der Waals surface area contributed by atoms with Crippen molar-refractivity contribution in [3.63, 3.8) is 0 Å². The highest BCUT2D eigenvalue weighted by atomic mass is 19.1. The third-order valence-corrected chi connectivity index (χ3v) is 3.63. The molecule has 2 N–H and O–H groups in total. The van der Waals surface area contributed by atoms with Crippen LogP contribution in [0, 0.1) is 11.7 Å². The van der Waals surface area contributed by atoms with Crippen LogP contribution in [0.4, 0.5) is 4.39 Å². The monoisotopic (exact) mass is 237 g/mol. The van der Waals surface area contributed by atoms with E-state index in [1.807, 2.05) is 6.07 Å². The van der Waals surface area contributed by atoms with Crippen molar-refractivity contribution >= 4 is 0 Å². The lowest BCUT2D eigenvalue weighted by atomic mass is 9.83. The molecule has 1 fully saturated rings. The molecule has 0 unspecified atom stereocenters. The van der Waals surface area contributed by atoms with Crippen LogP contribution in [0.1, 0.15) is 31.2 Å². The first-order valence-corrected chi connectivity index (χ1v) is 6.27. The summed E-state index contributed by atoms with van der Waals surface area (Å²) < 4.78 is 18.4. The van der Waals surface area contributed by atoms with Crippen LogP contribution < -0.4 is 10.5 Å². The van der Waals surface area contributed by atoms with Crippen LogP contribution in [0.25, 0.3) is 0 Å². The van der Waals surface area contributed by atoms with E-state index in [4.69, 9.17) is 10.5 Å². The number of ether oxygens (including phenoxy) is 1. The summed E-state index contributed by atoms with van der Waals surface area (Å²) >= 11 is 0. The lowest BCUT2D eigenvalue weighted by Gasteiger charge is -2.26. The number of benzene rings is 1. The fourth-order valence-electron chi connectivity index (χ4n) is 2.56. The van der Waals surface area contributed by atoms with Crippen LogP contribution in [-0.4, -0.2) is 13.2 Å². The topological polar surface area (TPSA) is 35.2 Å². The summed E-state index contributed by atoms with van der Waals surface area (Å²) in [5, 5.41) is 0. The minimum Gasteiger partial charge on any atom is -0.494 e. The molecule has 17 heavy (non-hydrogen) atoms. The van der Waals surface area contributed by atoms with Gasteiger partial charge in [0.25, 0.3) is 0 Å². The highest BCUT2D eigenvalue weighted by Gasteiger charge is 2.19. The molecule has 0 saturated heterocycles. The van der Waals surface area contributed by atoms with Crippen LogP contribution in [0.2, 0.25) is 0 Å². The highest BCUT2D eigenvalue weighted by molar-refractivity contribution is 5.29. The molecule has 0 amide bonds. The smallest absolute Gasteiger partial charge is 0.165 e. The Labute approximate surface area is 102 Å². The van der Waals surface area contributed by atoms with Gasteiger partial charge in [-0.1, -0.05) is 6.07 Å². The average Bonchev–Trinajstić information content (AvgIpc) is 2.32. The normalized spacial score (nSPS) is 24.6. The minimum absolute atomic E-state index is 0.266. The van der Waals surface area contributed by atoms with Gasteiger partial charge in [-0.25, -0.2) is 4.39 Å². The van der Waals surface area contributed by atoms with E-state index in [-0.39, 0.29) is 5.82 Å².